The van der Waals surface area contributed by atoms with Gasteiger partial charge in [0.2, 0.25) is 0 Å². The molecule has 0 radical (unpaired) electrons. The summed E-state index contributed by atoms with van der Waals surface area (Å²) in [5.74, 6) is 0.787. The first kappa shape index (κ1) is 20.0. The molecular formula is C23H33N3OS. The minimum Gasteiger partial charge on any atom is -0.377 e. The molecule has 2 aliphatic rings. The molecule has 0 N–H and O–H groups in total. The maximum absolute atomic E-state index is 5.92. The van der Waals surface area contributed by atoms with Crippen molar-refractivity contribution in [3.8, 4) is 0 Å². The molecule has 1 atom stereocenters. The Labute approximate surface area is 173 Å². The van der Waals surface area contributed by atoms with E-state index < -0.39 is 0 Å². The zero-order valence-corrected chi connectivity index (χ0v) is 17.9. The third-order valence-corrected chi connectivity index (χ3v) is 6.97. The van der Waals surface area contributed by atoms with Crippen molar-refractivity contribution < 1.29 is 4.74 Å². The normalized spacial score (nSPS) is 21.6. The Morgan fingerprint density at radius 1 is 1.18 bits per heavy atom. The quantitative estimate of drug-likeness (QED) is 0.660. The maximum atomic E-state index is 5.92. The molecule has 1 aromatic carbocycles. The highest BCUT2D eigenvalue weighted by Gasteiger charge is 2.25. The summed E-state index contributed by atoms with van der Waals surface area (Å²) in [6.07, 6.45) is 7.36. The van der Waals surface area contributed by atoms with Gasteiger partial charge in [-0.15, -0.1) is 11.3 Å². The van der Waals surface area contributed by atoms with E-state index in [0.717, 1.165) is 32.2 Å². The minimum atomic E-state index is 0.418. The number of rotatable bonds is 8. The standard InChI is InChI=1S/C23H33N3OS/c1-19-5-2-3-6-21(19)16-25-11-8-20(9-12-25)15-26(17-22-7-4-13-27-22)18-23-24-10-14-28-23/h2-3,5-6,10,14,20,22H,4,7-9,11-13,15-18H2,1H3/t22-/m0/s1. The SMILES string of the molecule is Cc1ccccc1CN1CCC(CN(Cc2nccs2)C[C@@H]2CCCO2)CC1. The number of piperidine rings is 1. The van der Waals surface area contributed by atoms with E-state index in [1.54, 1.807) is 11.3 Å². The molecule has 0 unspecified atom stereocenters. The van der Waals surface area contributed by atoms with Gasteiger partial charge in [0.25, 0.3) is 0 Å². The largest absolute Gasteiger partial charge is 0.377 e. The molecule has 2 fully saturated rings. The van der Waals surface area contributed by atoms with E-state index in [9.17, 15) is 0 Å². The van der Waals surface area contributed by atoms with E-state index in [1.165, 1.54) is 61.5 Å². The lowest BCUT2D eigenvalue weighted by Crippen LogP contribution is -2.40. The number of hydrogen-bond acceptors (Lipinski definition) is 5. The lowest BCUT2D eigenvalue weighted by atomic mass is 9.95. The average molecular weight is 400 g/mol. The molecule has 0 saturated carbocycles. The maximum Gasteiger partial charge on any atom is 0.107 e. The Bertz CT molecular complexity index is 706. The molecule has 3 heterocycles. The van der Waals surface area contributed by atoms with Gasteiger partial charge in [0.1, 0.15) is 5.01 Å². The number of ether oxygens (including phenoxy) is 1. The van der Waals surface area contributed by atoms with Crippen molar-refractivity contribution in [2.75, 3.05) is 32.8 Å². The Kier molecular flexibility index (Phi) is 7.13. The zero-order valence-electron chi connectivity index (χ0n) is 17.1. The monoisotopic (exact) mass is 399 g/mol. The lowest BCUT2D eigenvalue weighted by molar-refractivity contribution is 0.0570. The summed E-state index contributed by atoms with van der Waals surface area (Å²) in [6, 6.07) is 8.80. The molecule has 2 aliphatic heterocycles. The molecule has 4 nitrogen and oxygen atoms in total. The Morgan fingerprint density at radius 3 is 2.75 bits per heavy atom. The number of aromatic nitrogens is 1. The first-order valence-electron chi connectivity index (χ1n) is 10.8. The molecule has 0 amide bonds. The van der Waals surface area contributed by atoms with Gasteiger partial charge in [0.05, 0.1) is 12.6 Å². The predicted octanol–water partition coefficient (Wildman–Crippen LogP) is 4.34. The Hall–Kier alpha value is -1.27. The summed E-state index contributed by atoms with van der Waals surface area (Å²) < 4.78 is 5.92. The highest BCUT2D eigenvalue weighted by Crippen LogP contribution is 2.23. The van der Waals surface area contributed by atoms with Crippen molar-refractivity contribution >= 4 is 11.3 Å². The molecular weight excluding hydrogens is 366 g/mol. The molecule has 2 aromatic rings. The molecule has 0 spiro atoms. The molecule has 4 rings (SSSR count). The summed E-state index contributed by atoms with van der Waals surface area (Å²) in [5.41, 5.74) is 2.89. The molecule has 0 aliphatic carbocycles. The first-order chi connectivity index (χ1) is 13.8. The third kappa shape index (κ3) is 5.63. The number of benzene rings is 1. The fourth-order valence-electron chi connectivity index (χ4n) is 4.52. The molecule has 5 heteroatoms. The van der Waals surface area contributed by atoms with Crippen molar-refractivity contribution in [2.24, 2.45) is 5.92 Å². The van der Waals surface area contributed by atoms with Gasteiger partial charge in [-0.25, -0.2) is 4.98 Å². The average Bonchev–Trinajstić information content (AvgIpc) is 3.39. The lowest BCUT2D eigenvalue weighted by Gasteiger charge is -2.35. The van der Waals surface area contributed by atoms with Crippen LogP contribution in [0, 0.1) is 12.8 Å². The zero-order chi connectivity index (χ0) is 19.2. The van der Waals surface area contributed by atoms with Crippen molar-refractivity contribution in [2.45, 2.75) is 51.8 Å². The molecule has 0 bridgehead atoms. The Balaban J connectivity index is 1.28. The number of thiazole rings is 1. The highest BCUT2D eigenvalue weighted by molar-refractivity contribution is 7.09. The summed E-state index contributed by atoms with van der Waals surface area (Å²) >= 11 is 1.77. The van der Waals surface area contributed by atoms with Crippen LogP contribution < -0.4 is 0 Å². The number of nitrogens with zero attached hydrogens (tertiary/aromatic N) is 3. The van der Waals surface area contributed by atoms with Crippen LogP contribution in [-0.2, 0) is 17.8 Å². The predicted molar refractivity (Wildman–Crippen MR) is 116 cm³/mol. The van der Waals surface area contributed by atoms with E-state index in [0.29, 0.717) is 6.10 Å². The second-order valence-corrected chi connectivity index (χ2v) is 9.38. The van der Waals surface area contributed by atoms with Gasteiger partial charge in [-0.1, -0.05) is 24.3 Å². The molecule has 28 heavy (non-hydrogen) atoms. The van der Waals surface area contributed by atoms with Crippen LogP contribution in [0.2, 0.25) is 0 Å². The van der Waals surface area contributed by atoms with Crippen molar-refractivity contribution in [1.29, 1.82) is 0 Å². The van der Waals surface area contributed by atoms with Crippen LogP contribution in [0.4, 0.5) is 0 Å². The minimum absolute atomic E-state index is 0.418. The fourth-order valence-corrected chi connectivity index (χ4v) is 5.18. The van der Waals surface area contributed by atoms with Gasteiger partial charge in [-0.2, -0.15) is 0 Å². The Morgan fingerprint density at radius 2 is 2.04 bits per heavy atom. The number of likely N-dealkylation sites (tertiary alicyclic amines) is 1. The van der Waals surface area contributed by atoms with Crippen LogP contribution in [0.5, 0.6) is 0 Å². The smallest absolute Gasteiger partial charge is 0.107 e. The second-order valence-electron chi connectivity index (χ2n) is 8.40. The summed E-state index contributed by atoms with van der Waals surface area (Å²) in [4.78, 5) is 9.76. The molecule has 152 valence electrons. The van der Waals surface area contributed by atoms with Crippen LogP contribution in [0.25, 0.3) is 0 Å². The van der Waals surface area contributed by atoms with E-state index in [4.69, 9.17) is 4.74 Å². The van der Waals surface area contributed by atoms with E-state index >= 15 is 0 Å². The van der Waals surface area contributed by atoms with Crippen LogP contribution >= 0.6 is 11.3 Å². The summed E-state index contributed by atoms with van der Waals surface area (Å²) in [5, 5.41) is 3.32. The van der Waals surface area contributed by atoms with Crippen LogP contribution in [0.15, 0.2) is 35.8 Å². The second kappa shape index (κ2) is 9.97. The van der Waals surface area contributed by atoms with E-state index in [1.807, 2.05) is 6.20 Å². The fraction of sp³-hybridized carbons (Fsp3) is 0.609. The summed E-state index contributed by atoms with van der Waals surface area (Å²) in [6.45, 7) is 9.89. The van der Waals surface area contributed by atoms with Gasteiger partial charge >= 0.3 is 0 Å². The van der Waals surface area contributed by atoms with Crippen molar-refractivity contribution in [1.82, 2.24) is 14.8 Å². The van der Waals surface area contributed by atoms with Gasteiger partial charge in [0.15, 0.2) is 0 Å². The number of aryl methyl sites for hydroxylation is 1. The summed E-state index contributed by atoms with van der Waals surface area (Å²) in [7, 11) is 0. The van der Waals surface area contributed by atoms with Gasteiger partial charge < -0.3 is 4.74 Å². The van der Waals surface area contributed by atoms with Crippen LogP contribution in [0.1, 0.15) is 41.8 Å². The van der Waals surface area contributed by atoms with Crippen LogP contribution in [-0.4, -0.2) is 53.7 Å². The van der Waals surface area contributed by atoms with Crippen LogP contribution in [0.3, 0.4) is 0 Å². The highest BCUT2D eigenvalue weighted by atomic mass is 32.1. The molecule has 2 saturated heterocycles. The van der Waals surface area contributed by atoms with E-state index in [-0.39, 0.29) is 0 Å². The van der Waals surface area contributed by atoms with E-state index in [2.05, 4.69) is 51.4 Å². The van der Waals surface area contributed by atoms with Gasteiger partial charge in [0, 0.05) is 37.8 Å². The topological polar surface area (TPSA) is 28.6 Å². The van der Waals surface area contributed by atoms with Gasteiger partial charge in [-0.3, -0.25) is 9.80 Å². The molecule has 1 aromatic heterocycles. The van der Waals surface area contributed by atoms with Gasteiger partial charge in [-0.05, 0) is 62.7 Å². The number of hydrogen-bond donors (Lipinski definition) is 0. The van der Waals surface area contributed by atoms with Crippen molar-refractivity contribution in [3.63, 3.8) is 0 Å². The van der Waals surface area contributed by atoms with Crippen molar-refractivity contribution in [3.05, 3.63) is 52.0 Å². The third-order valence-electron chi connectivity index (χ3n) is 6.21. The first-order valence-corrected chi connectivity index (χ1v) is 11.6.